The molecular weight excluding hydrogens is 262 g/mol. The zero-order chi connectivity index (χ0) is 15.4. The summed E-state index contributed by atoms with van der Waals surface area (Å²) < 4.78 is 5.88. The van der Waals surface area contributed by atoms with Crippen LogP contribution in [-0.4, -0.2) is 36.4 Å². The second-order valence-electron chi connectivity index (χ2n) is 6.70. The minimum atomic E-state index is -0.401. The Bertz CT molecular complexity index is 430. The van der Waals surface area contributed by atoms with Gasteiger partial charge in [0.15, 0.2) is 0 Å². The Morgan fingerprint density at radius 2 is 1.76 bits per heavy atom. The average molecular weight is 292 g/mol. The second kappa shape index (κ2) is 7.28. The number of para-hydroxylation sites is 1. The van der Waals surface area contributed by atoms with Crippen molar-refractivity contribution in [2.45, 2.75) is 65.1 Å². The highest BCUT2D eigenvalue weighted by Crippen LogP contribution is 2.22. The van der Waals surface area contributed by atoms with Gasteiger partial charge in [0.2, 0.25) is 0 Å². The summed E-state index contributed by atoms with van der Waals surface area (Å²) >= 11 is 0. The molecule has 0 bridgehead atoms. The first-order valence-corrected chi connectivity index (χ1v) is 8.21. The molecule has 1 saturated heterocycles. The molecule has 0 aromatic heterocycles. The van der Waals surface area contributed by atoms with E-state index in [1.807, 2.05) is 6.07 Å². The number of rotatable bonds is 5. The van der Waals surface area contributed by atoms with Crippen molar-refractivity contribution in [2.24, 2.45) is 0 Å². The van der Waals surface area contributed by atoms with Crippen LogP contribution in [0.15, 0.2) is 18.2 Å². The molecule has 2 rings (SSSR count). The standard InChI is InChI=1S/C18H29NO2/c1-13-7-5-8-14(2)18(13)21-12-17(20)11-19-15(3)9-6-10-16(19)4/h5,7-8,15-17,20H,6,9-12H2,1-4H3/p+1. The van der Waals surface area contributed by atoms with Crippen molar-refractivity contribution < 1.29 is 14.7 Å². The molecule has 1 aliphatic rings. The molecule has 3 unspecified atom stereocenters. The van der Waals surface area contributed by atoms with Crippen molar-refractivity contribution in [1.82, 2.24) is 0 Å². The van der Waals surface area contributed by atoms with E-state index in [0.29, 0.717) is 18.7 Å². The highest BCUT2D eigenvalue weighted by atomic mass is 16.5. The lowest BCUT2D eigenvalue weighted by molar-refractivity contribution is -0.954. The van der Waals surface area contributed by atoms with Crippen molar-refractivity contribution in [3.63, 3.8) is 0 Å². The van der Waals surface area contributed by atoms with Gasteiger partial charge in [0, 0.05) is 0 Å². The van der Waals surface area contributed by atoms with E-state index in [2.05, 4.69) is 39.8 Å². The second-order valence-corrected chi connectivity index (χ2v) is 6.70. The summed E-state index contributed by atoms with van der Waals surface area (Å²) in [6, 6.07) is 7.42. The summed E-state index contributed by atoms with van der Waals surface area (Å²) in [5, 5.41) is 10.3. The van der Waals surface area contributed by atoms with Gasteiger partial charge in [-0.25, -0.2) is 0 Å². The number of ether oxygens (including phenoxy) is 1. The van der Waals surface area contributed by atoms with Crippen LogP contribution >= 0.6 is 0 Å². The molecule has 1 aromatic rings. The van der Waals surface area contributed by atoms with Gasteiger partial charge in [-0.1, -0.05) is 18.2 Å². The summed E-state index contributed by atoms with van der Waals surface area (Å²) in [5.74, 6) is 0.922. The van der Waals surface area contributed by atoms with Gasteiger partial charge in [0.1, 0.15) is 25.0 Å². The lowest BCUT2D eigenvalue weighted by atomic mass is 9.97. The van der Waals surface area contributed by atoms with Crippen molar-refractivity contribution in [2.75, 3.05) is 13.2 Å². The van der Waals surface area contributed by atoms with Crippen molar-refractivity contribution in [3.05, 3.63) is 29.3 Å². The Morgan fingerprint density at radius 3 is 2.33 bits per heavy atom. The maximum absolute atomic E-state index is 10.3. The monoisotopic (exact) mass is 292 g/mol. The fraction of sp³-hybridized carbons (Fsp3) is 0.667. The third-order valence-corrected chi connectivity index (χ3v) is 4.84. The van der Waals surface area contributed by atoms with Crippen LogP contribution < -0.4 is 9.64 Å². The largest absolute Gasteiger partial charge is 0.490 e. The van der Waals surface area contributed by atoms with Gasteiger partial charge in [-0.05, 0) is 58.1 Å². The van der Waals surface area contributed by atoms with E-state index in [0.717, 1.165) is 23.4 Å². The van der Waals surface area contributed by atoms with Crippen LogP contribution in [-0.2, 0) is 0 Å². The van der Waals surface area contributed by atoms with Gasteiger partial charge in [-0.3, -0.25) is 0 Å². The van der Waals surface area contributed by atoms with Gasteiger partial charge >= 0.3 is 0 Å². The number of aliphatic hydroxyl groups excluding tert-OH is 1. The van der Waals surface area contributed by atoms with Crippen molar-refractivity contribution in [1.29, 1.82) is 0 Å². The molecule has 0 spiro atoms. The topological polar surface area (TPSA) is 33.9 Å². The van der Waals surface area contributed by atoms with E-state index in [1.165, 1.54) is 24.2 Å². The molecule has 1 heterocycles. The Hall–Kier alpha value is -1.06. The molecule has 2 N–H and O–H groups in total. The zero-order valence-electron chi connectivity index (χ0n) is 13.9. The Labute approximate surface area is 128 Å². The molecule has 3 heteroatoms. The molecule has 0 saturated carbocycles. The summed E-state index contributed by atoms with van der Waals surface area (Å²) in [6.45, 7) is 9.86. The maximum atomic E-state index is 10.3. The zero-order valence-corrected chi connectivity index (χ0v) is 13.9. The Balaban J connectivity index is 1.88. The predicted octanol–water partition coefficient (Wildman–Crippen LogP) is 1.89. The molecule has 3 atom stereocenters. The van der Waals surface area contributed by atoms with Crippen molar-refractivity contribution >= 4 is 0 Å². The van der Waals surface area contributed by atoms with Crippen LogP contribution in [0.2, 0.25) is 0 Å². The van der Waals surface area contributed by atoms with Gasteiger partial charge in [0.05, 0.1) is 12.1 Å². The number of hydrogen-bond acceptors (Lipinski definition) is 2. The third-order valence-electron chi connectivity index (χ3n) is 4.84. The molecular formula is C18H30NO2+. The number of benzene rings is 1. The van der Waals surface area contributed by atoms with Crippen LogP contribution in [0.1, 0.15) is 44.2 Å². The maximum Gasteiger partial charge on any atom is 0.137 e. The van der Waals surface area contributed by atoms with E-state index in [-0.39, 0.29) is 0 Å². The van der Waals surface area contributed by atoms with E-state index in [1.54, 1.807) is 0 Å². The van der Waals surface area contributed by atoms with Crippen LogP contribution in [0.3, 0.4) is 0 Å². The number of aliphatic hydroxyl groups is 1. The quantitative estimate of drug-likeness (QED) is 0.869. The molecule has 118 valence electrons. The van der Waals surface area contributed by atoms with Crippen LogP contribution in [0.5, 0.6) is 5.75 Å². The molecule has 0 amide bonds. The molecule has 3 nitrogen and oxygen atoms in total. The summed E-state index contributed by atoms with van der Waals surface area (Å²) in [4.78, 5) is 1.53. The summed E-state index contributed by atoms with van der Waals surface area (Å²) in [7, 11) is 0. The number of nitrogens with one attached hydrogen (secondary N) is 1. The first kappa shape index (κ1) is 16.3. The molecule has 0 radical (unpaired) electrons. The summed E-state index contributed by atoms with van der Waals surface area (Å²) in [6.07, 6.45) is 3.46. The smallest absolute Gasteiger partial charge is 0.137 e. The molecule has 0 aliphatic carbocycles. The molecule has 1 fully saturated rings. The predicted molar refractivity (Wildman–Crippen MR) is 86.0 cm³/mol. The van der Waals surface area contributed by atoms with Gasteiger partial charge in [-0.2, -0.15) is 0 Å². The van der Waals surface area contributed by atoms with Crippen LogP contribution in [0.25, 0.3) is 0 Å². The van der Waals surface area contributed by atoms with E-state index >= 15 is 0 Å². The van der Waals surface area contributed by atoms with Crippen molar-refractivity contribution in [3.8, 4) is 5.75 Å². The number of hydrogen-bond donors (Lipinski definition) is 2. The minimum Gasteiger partial charge on any atom is -0.490 e. The fourth-order valence-electron chi connectivity index (χ4n) is 3.53. The van der Waals surface area contributed by atoms with E-state index in [9.17, 15) is 5.11 Å². The Morgan fingerprint density at radius 1 is 1.19 bits per heavy atom. The molecule has 1 aliphatic heterocycles. The average Bonchev–Trinajstić information content (AvgIpc) is 2.42. The minimum absolute atomic E-state index is 0.384. The SMILES string of the molecule is Cc1cccc(C)c1OCC(O)C[NH+]1C(C)CCCC1C. The fourth-order valence-corrected chi connectivity index (χ4v) is 3.53. The normalized spacial score (nSPS) is 27.4. The van der Waals surface area contributed by atoms with Gasteiger partial charge in [-0.15, -0.1) is 0 Å². The lowest BCUT2D eigenvalue weighted by Crippen LogP contribution is -3.20. The molecule has 21 heavy (non-hydrogen) atoms. The van der Waals surface area contributed by atoms with Crippen LogP contribution in [0, 0.1) is 13.8 Å². The first-order valence-electron chi connectivity index (χ1n) is 8.21. The molecule has 1 aromatic carbocycles. The lowest BCUT2D eigenvalue weighted by Gasteiger charge is -2.36. The summed E-state index contributed by atoms with van der Waals surface area (Å²) in [5.41, 5.74) is 2.27. The van der Waals surface area contributed by atoms with E-state index in [4.69, 9.17) is 4.74 Å². The van der Waals surface area contributed by atoms with Gasteiger partial charge < -0.3 is 14.7 Å². The third kappa shape index (κ3) is 4.21. The Kier molecular flexibility index (Phi) is 5.65. The van der Waals surface area contributed by atoms with Gasteiger partial charge in [0.25, 0.3) is 0 Å². The van der Waals surface area contributed by atoms with E-state index < -0.39 is 6.10 Å². The number of likely N-dealkylation sites (tertiary alicyclic amines) is 1. The highest BCUT2D eigenvalue weighted by molar-refractivity contribution is 5.39. The number of piperidine rings is 1. The first-order chi connectivity index (χ1) is 9.99. The number of quaternary nitrogens is 1. The highest BCUT2D eigenvalue weighted by Gasteiger charge is 2.30. The number of aryl methyl sites for hydroxylation is 2. The van der Waals surface area contributed by atoms with Crippen LogP contribution in [0.4, 0.5) is 0 Å².